The van der Waals surface area contributed by atoms with Crippen molar-refractivity contribution in [3.63, 3.8) is 0 Å². The lowest BCUT2D eigenvalue weighted by Gasteiger charge is -2.48. The highest BCUT2D eigenvalue weighted by Gasteiger charge is 2.41. The predicted molar refractivity (Wildman–Crippen MR) is 107 cm³/mol. The lowest BCUT2D eigenvalue weighted by Crippen LogP contribution is -2.54. The van der Waals surface area contributed by atoms with Gasteiger partial charge in [-0.25, -0.2) is 15.0 Å². The Kier molecular flexibility index (Phi) is 4.88. The van der Waals surface area contributed by atoms with E-state index in [9.17, 15) is 4.79 Å². The van der Waals surface area contributed by atoms with Crippen LogP contribution < -0.4 is 4.90 Å². The van der Waals surface area contributed by atoms with Gasteiger partial charge in [0.05, 0.1) is 10.7 Å². The lowest BCUT2D eigenvalue weighted by atomic mass is 9.73. The molecule has 1 atom stereocenters. The number of piperidine rings is 2. The van der Waals surface area contributed by atoms with Gasteiger partial charge in [0.2, 0.25) is 5.95 Å². The van der Waals surface area contributed by atoms with Crippen LogP contribution in [0.2, 0.25) is 0 Å². The molecule has 4 heterocycles. The summed E-state index contributed by atoms with van der Waals surface area (Å²) >= 11 is 1.52. The molecule has 1 spiro atoms. The molecule has 27 heavy (non-hydrogen) atoms. The van der Waals surface area contributed by atoms with E-state index >= 15 is 0 Å². The van der Waals surface area contributed by atoms with Gasteiger partial charge in [-0.15, -0.1) is 11.3 Å². The molecule has 6 nitrogen and oxygen atoms in total. The summed E-state index contributed by atoms with van der Waals surface area (Å²) in [7, 11) is 0. The molecule has 2 aromatic heterocycles. The van der Waals surface area contributed by atoms with Crippen LogP contribution in [0.4, 0.5) is 5.95 Å². The number of anilines is 1. The van der Waals surface area contributed by atoms with Gasteiger partial charge in [-0.1, -0.05) is 0 Å². The molecule has 0 saturated carbocycles. The molecule has 2 aromatic rings. The smallest absolute Gasteiger partial charge is 0.265 e. The molecular formula is C20H27N5OS. The molecule has 0 radical (unpaired) electrons. The number of rotatable bonds is 2. The minimum atomic E-state index is 0.146. The van der Waals surface area contributed by atoms with Crippen molar-refractivity contribution in [3.05, 3.63) is 33.5 Å². The quantitative estimate of drug-likeness (QED) is 0.793. The molecular weight excluding hydrogens is 358 g/mol. The molecule has 2 aliphatic rings. The number of carbonyl (C=O) groups excluding carboxylic acids is 1. The van der Waals surface area contributed by atoms with Gasteiger partial charge in [0.15, 0.2) is 0 Å². The number of nitrogens with zero attached hydrogens (tertiary/aromatic N) is 5. The highest BCUT2D eigenvalue weighted by molar-refractivity contribution is 7.13. The van der Waals surface area contributed by atoms with E-state index < -0.39 is 0 Å². The second-order valence-corrected chi connectivity index (χ2v) is 9.20. The Morgan fingerprint density at radius 2 is 1.89 bits per heavy atom. The maximum absolute atomic E-state index is 13.1. The van der Waals surface area contributed by atoms with Gasteiger partial charge >= 0.3 is 0 Å². The average Bonchev–Trinajstić information content (AvgIpc) is 2.99. The maximum atomic E-state index is 13.1. The zero-order valence-electron chi connectivity index (χ0n) is 16.4. The monoisotopic (exact) mass is 385 g/mol. The molecule has 7 heteroatoms. The first kappa shape index (κ1) is 18.3. The van der Waals surface area contributed by atoms with E-state index in [1.165, 1.54) is 24.2 Å². The Balaban J connectivity index is 1.52. The second-order valence-electron chi connectivity index (χ2n) is 8.00. The third kappa shape index (κ3) is 3.70. The van der Waals surface area contributed by atoms with Gasteiger partial charge in [-0.3, -0.25) is 4.79 Å². The number of hydrogen-bond donors (Lipinski definition) is 0. The Morgan fingerprint density at radius 3 is 2.59 bits per heavy atom. The molecule has 0 bridgehead atoms. The topological polar surface area (TPSA) is 62.2 Å². The minimum Gasteiger partial charge on any atom is -0.340 e. The van der Waals surface area contributed by atoms with Gasteiger partial charge in [0.25, 0.3) is 5.91 Å². The molecule has 144 valence electrons. The molecule has 0 N–H and O–H groups in total. The molecule has 2 aliphatic heterocycles. The van der Waals surface area contributed by atoms with E-state index in [0.29, 0.717) is 0 Å². The minimum absolute atomic E-state index is 0.146. The molecule has 4 rings (SSSR count). The fraction of sp³-hybridized carbons (Fsp3) is 0.600. The summed E-state index contributed by atoms with van der Waals surface area (Å²) in [6, 6.07) is 1.93. The van der Waals surface area contributed by atoms with Gasteiger partial charge in [0, 0.05) is 43.5 Å². The molecule has 1 unspecified atom stereocenters. The summed E-state index contributed by atoms with van der Waals surface area (Å²) in [5.74, 6) is 0.979. The zero-order chi connectivity index (χ0) is 19.0. The first-order chi connectivity index (χ1) is 13.0. The fourth-order valence-electron chi connectivity index (χ4n) is 4.55. The van der Waals surface area contributed by atoms with E-state index in [-0.39, 0.29) is 11.3 Å². The lowest BCUT2D eigenvalue weighted by molar-refractivity contribution is 0.0468. The summed E-state index contributed by atoms with van der Waals surface area (Å²) in [4.78, 5) is 31.8. The number of aryl methyl sites for hydroxylation is 3. The van der Waals surface area contributed by atoms with Crippen molar-refractivity contribution in [2.24, 2.45) is 5.41 Å². The number of amides is 1. The van der Waals surface area contributed by atoms with Crippen LogP contribution in [0.15, 0.2) is 12.3 Å². The predicted octanol–water partition coefficient (Wildman–Crippen LogP) is 3.38. The third-order valence-electron chi connectivity index (χ3n) is 5.77. The van der Waals surface area contributed by atoms with Crippen LogP contribution >= 0.6 is 11.3 Å². The van der Waals surface area contributed by atoms with Crippen molar-refractivity contribution in [1.82, 2.24) is 19.9 Å². The number of aromatic nitrogens is 3. The Morgan fingerprint density at radius 1 is 1.11 bits per heavy atom. The van der Waals surface area contributed by atoms with Gasteiger partial charge in [0.1, 0.15) is 4.88 Å². The fourth-order valence-corrected chi connectivity index (χ4v) is 5.44. The van der Waals surface area contributed by atoms with Gasteiger partial charge in [-0.2, -0.15) is 0 Å². The van der Waals surface area contributed by atoms with E-state index in [1.54, 1.807) is 0 Å². The largest absolute Gasteiger partial charge is 0.340 e. The normalized spacial score (nSPS) is 23.1. The zero-order valence-corrected chi connectivity index (χ0v) is 17.2. The molecule has 0 aliphatic carbocycles. The Labute approximate surface area is 164 Å². The maximum Gasteiger partial charge on any atom is 0.265 e. The summed E-state index contributed by atoms with van der Waals surface area (Å²) in [6.45, 7) is 9.50. The summed E-state index contributed by atoms with van der Waals surface area (Å²) in [5.41, 5.74) is 2.00. The highest BCUT2D eigenvalue weighted by atomic mass is 32.1. The summed E-state index contributed by atoms with van der Waals surface area (Å²) < 4.78 is 0. The van der Waals surface area contributed by atoms with E-state index in [4.69, 9.17) is 0 Å². The number of hydrogen-bond acceptors (Lipinski definition) is 6. The van der Waals surface area contributed by atoms with Crippen molar-refractivity contribution < 1.29 is 4.79 Å². The Hall–Kier alpha value is -2.02. The second kappa shape index (κ2) is 7.19. The standard InChI is InChI=1S/C20H27N5OS/c1-14-6-9-21-19(22-14)25-11-5-8-20(13-25)7-4-10-24(12-20)18(26)17-15(2)23-16(3)27-17/h6,9H,4-5,7-8,10-13H2,1-3H3. The Bertz CT molecular complexity index is 847. The van der Waals surface area contributed by atoms with Crippen LogP contribution in [0.3, 0.4) is 0 Å². The van der Waals surface area contributed by atoms with Crippen molar-refractivity contribution in [3.8, 4) is 0 Å². The number of likely N-dealkylation sites (tertiary alicyclic amines) is 1. The highest BCUT2D eigenvalue weighted by Crippen LogP contribution is 2.40. The molecule has 2 saturated heterocycles. The average molecular weight is 386 g/mol. The SMILES string of the molecule is Cc1ccnc(N2CCCC3(CCCN(C(=O)c4sc(C)nc4C)C3)C2)n1. The van der Waals surface area contributed by atoms with Gasteiger partial charge < -0.3 is 9.80 Å². The van der Waals surface area contributed by atoms with Crippen LogP contribution in [0.5, 0.6) is 0 Å². The van der Waals surface area contributed by atoms with Crippen LogP contribution in [-0.2, 0) is 0 Å². The van der Waals surface area contributed by atoms with Crippen molar-refractivity contribution in [2.75, 3.05) is 31.1 Å². The van der Waals surface area contributed by atoms with Crippen LogP contribution in [-0.4, -0.2) is 51.9 Å². The van der Waals surface area contributed by atoms with E-state index in [0.717, 1.165) is 66.2 Å². The van der Waals surface area contributed by atoms with Crippen LogP contribution in [0.25, 0.3) is 0 Å². The van der Waals surface area contributed by atoms with Gasteiger partial charge in [-0.05, 0) is 52.5 Å². The first-order valence-corrected chi connectivity index (χ1v) is 10.6. The van der Waals surface area contributed by atoms with E-state index in [1.807, 2.05) is 33.0 Å². The summed E-state index contributed by atoms with van der Waals surface area (Å²) in [5, 5.41) is 0.961. The van der Waals surface area contributed by atoms with E-state index in [2.05, 4.69) is 24.8 Å². The molecule has 0 aromatic carbocycles. The first-order valence-electron chi connectivity index (χ1n) is 9.74. The summed E-state index contributed by atoms with van der Waals surface area (Å²) in [6.07, 6.45) is 6.35. The third-order valence-corrected chi connectivity index (χ3v) is 6.83. The van der Waals surface area contributed by atoms with Crippen molar-refractivity contribution >= 4 is 23.2 Å². The number of thiazole rings is 1. The molecule has 1 amide bonds. The van der Waals surface area contributed by atoms with Crippen molar-refractivity contribution in [2.45, 2.75) is 46.5 Å². The van der Waals surface area contributed by atoms with Crippen LogP contribution in [0.1, 0.15) is 51.8 Å². The van der Waals surface area contributed by atoms with Crippen molar-refractivity contribution in [1.29, 1.82) is 0 Å². The van der Waals surface area contributed by atoms with Crippen LogP contribution in [0, 0.1) is 26.2 Å². The number of carbonyl (C=O) groups is 1. The molecule has 2 fully saturated rings.